The van der Waals surface area contributed by atoms with Crippen molar-refractivity contribution in [3.8, 4) is 0 Å². The number of fused-ring (bicyclic) bond motifs is 1. The van der Waals surface area contributed by atoms with Crippen LogP contribution in [0, 0.1) is 17.5 Å². The Kier molecular flexibility index (Phi) is 5.11. The van der Waals surface area contributed by atoms with E-state index in [4.69, 9.17) is 5.11 Å². The van der Waals surface area contributed by atoms with Crippen molar-refractivity contribution < 1.29 is 31.5 Å². The van der Waals surface area contributed by atoms with E-state index < -0.39 is 39.4 Å². The van der Waals surface area contributed by atoms with Gasteiger partial charge in [-0.1, -0.05) is 12.1 Å². The van der Waals surface area contributed by atoms with E-state index in [1.807, 2.05) is 0 Å². The summed E-state index contributed by atoms with van der Waals surface area (Å²) in [6.45, 7) is -0.0549. The Morgan fingerprint density at radius 2 is 1.68 bits per heavy atom. The van der Waals surface area contributed by atoms with Crippen molar-refractivity contribution in [2.75, 3.05) is 28.7 Å². The SMILES string of the molecule is CN(CCCN1c2ccccc2N(c2c(F)cc(F)cc2F)S1(=O)=O)C(=O)O. The number of hydrogen-bond donors (Lipinski definition) is 1. The summed E-state index contributed by atoms with van der Waals surface area (Å²) in [6.07, 6.45) is -1.01. The average Bonchev–Trinajstić information content (AvgIpc) is 2.82. The van der Waals surface area contributed by atoms with Crippen molar-refractivity contribution in [1.82, 2.24) is 4.90 Å². The van der Waals surface area contributed by atoms with Crippen LogP contribution in [0.4, 0.5) is 35.0 Å². The number of amides is 1. The second kappa shape index (κ2) is 7.23. The molecule has 150 valence electrons. The molecule has 0 bridgehead atoms. The number of nitrogens with zero attached hydrogens (tertiary/aromatic N) is 3. The van der Waals surface area contributed by atoms with Crippen LogP contribution in [-0.4, -0.2) is 44.7 Å². The fraction of sp³-hybridized carbons (Fsp3) is 0.235. The van der Waals surface area contributed by atoms with Crippen molar-refractivity contribution in [3.63, 3.8) is 0 Å². The molecule has 0 aliphatic carbocycles. The van der Waals surface area contributed by atoms with Crippen LogP contribution in [0.5, 0.6) is 0 Å². The predicted octanol–water partition coefficient (Wildman–Crippen LogP) is 3.31. The molecule has 0 unspecified atom stereocenters. The summed E-state index contributed by atoms with van der Waals surface area (Å²) in [6, 6.07) is 6.71. The lowest BCUT2D eigenvalue weighted by Gasteiger charge is -2.23. The Bertz CT molecular complexity index is 1010. The monoisotopic (exact) mass is 415 g/mol. The van der Waals surface area contributed by atoms with Gasteiger partial charge in [-0.25, -0.2) is 22.3 Å². The maximum absolute atomic E-state index is 14.3. The Hall–Kier alpha value is -2.95. The molecule has 11 heteroatoms. The molecule has 28 heavy (non-hydrogen) atoms. The molecular formula is C17H16F3N3O4S. The van der Waals surface area contributed by atoms with Gasteiger partial charge in [0.25, 0.3) is 0 Å². The molecule has 1 heterocycles. The molecule has 1 aliphatic rings. The number of para-hydroxylation sites is 2. The first kappa shape index (κ1) is 19.8. The quantitative estimate of drug-likeness (QED) is 0.813. The van der Waals surface area contributed by atoms with Crippen molar-refractivity contribution in [3.05, 3.63) is 53.8 Å². The molecule has 3 rings (SSSR count). The first-order valence-corrected chi connectivity index (χ1v) is 9.55. The molecule has 0 saturated heterocycles. The highest BCUT2D eigenvalue weighted by Crippen LogP contribution is 2.46. The lowest BCUT2D eigenvalue weighted by atomic mass is 10.2. The smallest absolute Gasteiger partial charge is 0.407 e. The van der Waals surface area contributed by atoms with E-state index in [0.717, 1.165) is 9.21 Å². The van der Waals surface area contributed by atoms with Gasteiger partial charge in [0, 0.05) is 32.3 Å². The third-order valence-electron chi connectivity index (χ3n) is 4.24. The summed E-state index contributed by atoms with van der Waals surface area (Å²) in [5.74, 6) is -3.89. The molecule has 1 N–H and O–H groups in total. The van der Waals surface area contributed by atoms with Crippen LogP contribution >= 0.6 is 0 Å². The molecule has 0 atom stereocenters. The molecular weight excluding hydrogens is 399 g/mol. The van der Waals surface area contributed by atoms with Gasteiger partial charge in [0.2, 0.25) is 0 Å². The second-order valence-electron chi connectivity index (χ2n) is 6.11. The normalized spacial score (nSPS) is 14.9. The van der Waals surface area contributed by atoms with E-state index in [1.54, 1.807) is 6.07 Å². The van der Waals surface area contributed by atoms with Crippen molar-refractivity contribution in [1.29, 1.82) is 0 Å². The Morgan fingerprint density at radius 1 is 1.11 bits per heavy atom. The summed E-state index contributed by atoms with van der Waals surface area (Å²) < 4.78 is 69.4. The van der Waals surface area contributed by atoms with Gasteiger partial charge in [-0.15, -0.1) is 0 Å². The lowest BCUT2D eigenvalue weighted by Crippen LogP contribution is -2.38. The van der Waals surface area contributed by atoms with Gasteiger partial charge in [0.1, 0.15) is 11.5 Å². The molecule has 1 aliphatic heterocycles. The summed E-state index contributed by atoms with van der Waals surface area (Å²) in [5.41, 5.74) is -0.707. The van der Waals surface area contributed by atoms with Crippen LogP contribution in [0.25, 0.3) is 0 Å². The highest BCUT2D eigenvalue weighted by molar-refractivity contribution is 7.95. The number of halogens is 3. The molecule has 2 aromatic carbocycles. The molecule has 0 aromatic heterocycles. The zero-order chi connectivity index (χ0) is 20.6. The van der Waals surface area contributed by atoms with E-state index in [1.165, 1.54) is 25.2 Å². The van der Waals surface area contributed by atoms with Gasteiger partial charge in [-0.2, -0.15) is 8.42 Å². The second-order valence-corrected chi connectivity index (χ2v) is 7.81. The number of carbonyl (C=O) groups is 1. The zero-order valence-corrected chi connectivity index (χ0v) is 15.5. The third kappa shape index (κ3) is 3.33. The standard InChI is InChI=1S/C17H16F3N3O4S/c1-21(17(24)25)7-4-8-22-14-5-2-3-6-15(14)23(28(22,26)27)16-12(19)9-11(18)10-13(16)20/h2-3,5-6,9-10H,4,7-8H2,1H3,(H,24,25). The fourth-order valence-electron chi connectivity index (χ4n) is 2.94. The Morgan fingerprint density at radius 3 is 2.25 bits per heavy atom. The number of rotatable bonds is 5. The van der Waals surface area contributed by atoms with E-state index in [-0.39, 0.29) is 30.9 Å². The van der Waals surface area contributed by atoms with E-state index in [0.29, 0.717) is 16.4 Å². The van der Waals surface area contributed by atoms with E-state index >= 15 is 0 Å². The van der Waals surface area contributed by atoms with E-state index in [2.05, 4.69) is 0 Å². The van der Waals surface area contributed by atoms with Crippen LogP contribution in [0.1, 0.15) is 6.42 Å². The minimum Gasteiger partial charge on any atom is -0.465 e. The van der Waals surface area contributed by atoms with Crippen LogP contribution in [0.15, 0.2) is 36.4 Å². The van der Waals surface area contributed by atoms with Crippen LogP contribution in [0.2, 0.25) is 0 Å². The summed E-state index contributed by atoms with van der Waals surface area (Å²) in [4.78, 5) is 11.9. The van der Waals surface area contributed by atoms with Crippen LogP contribution < -0.4 is 8.61 Å². The third-order valence-corrected chi connectivity index (χ3v) is 6.02. The largest absolute Gasteiger partial charge is 0.465 e. The maximum Gasteiger partial charge on any atom is 0.407 e. The number of anilines is 3. The highest BCUT2D eigenvalue weighted by Gasteiger charge is 2.43. The van der Waals surface area contributed by atoms with Crippen molar-refractivity contribution in [2.24, 2.45) is 0 Å². The van der Waals surface area contributed by atoms with Crippen LogP contribution in [-0.2, 0) is 10.2 Å². The van der Waals surface area contributed by atoms with Gasteiger partial charge >= 0.3 is 16.3 Å². The summed E-state index contributed by atoms with van der Waals surface area (Å²) in [7, 11) is -3.08. The summed E-state index contributed by atoms with van der Waals surface area (Å²) >= 11 is 0. The molecule has 0 radical (unpaired) electrons. The number of carboxylic acid groups (broad SMARTS) is 1. The summed E-state index contributed by atoms with van der Waals surface area (Å²) in [5, 5.41) is 8.88. The van der Waals surface area contributed by atoms with Crippen molar-refractivity contribution in [2.45, 2.75) is 6.42 Å². The zero-order valence-electron chi connectivity index (χ0n) is 14.6. The minimum absolute atomic E-state index is 0.0125. The Balaban J connectivity index is 2.02. The molecule has 0 saturated carbocycles. The Labute approximate surface area is 159 Å². The highest BCUT2D eigenvalue weighted by atomic mass is 32.2. The van der Waals surface area contributed by atoms with Gasteiger partial charge in [-0.3, -0.25) is 4.31 Å². The number of benzene rings is 2. The molecule has 1 amide bonds. The minimum atomic E-state index is -4.42. The predicted molar refractivity (Wildman–Crippen MR) is 96.4 cm³/mol. The van der Waals surface area contributed by atoms with E-state index in [9.17, 15) is 26.4 Å². The maximum atomic E-state index is 14.3. The molecule has 0 spiro atoms. The lowest BCUT2D eigenvalue weighted by molar-refractivity contribution is 0.156. The van der Waals surface area contributed by atoms with Gasteiger partial charge in [0.15, 0.2) is 11.6 Å². The molecule has 0 fully saturated rings. The van der Waals surface area contributed by atoms with Crippen LogP contribution in [0.3, 0.4) is 0 Å². The topological polar surface area (TPSA) is 81.2 Å². The first-order valence-electron chi connectivity index (χ1n) is 8.15. The average molecular weight is 415 g/mol. The van der Waals surface area contributed by atoms with Crippen molar-refractivity contribution >= 4 is 33.4 Å². The molecule has 2 aromatic rings. The van der Waals surface area contributed by atoms with Gasteiger partial charge in [0.05, 0.1) is 11.4 Å². The van der Waals surface area contributed by atoms with Gasteiger partial charge in [-0.05, 0) is 18.6 Å². The van der Waals surface area contributed by atoms with Gasteiger partial charge < -0.3 is 10.0 Å². The fourth-order valence-corrected chi connectivity index (χ4v) is 4.71. The molecule has 7 nitrogen and oxygen atoms in total. The number of hydrogen-bond acceptors (Lipinski definition) is 3. The first-order chi connectivity index (χ1) is 13.1.